The number of anilines is 1. The van der Waals surface area contributed by atoms with E-state index in [-0.39, 0.29) is 5.91 Å². The van der Waals surface area contributed by atoms with Crippen LogP contribution in [0.2, 0.25) is 0 Å². The van der Waals surface area contributed by atoms with E-state index in [2.05, 4.69) is 22.4 Å². The summed E-state index contributed by atoms with van der Waals surface area (Å²) in [5.41, 5.74) is 6.20. The maximum atomic E-state index is 12.5. The van der Waals surface area contributed by atoms with Crippen molar-refractivity contribution < 1.29 is 9.21 Å². The maximum absolute atomic E-state index is 12.5. The van der Waals surface area contributed by atoms with Crippen LogP contribution in [-0.4, -0.2) is 10.9 Å². The first-order valence-corrected chi connectivity index (χ1v) is 8.93. The third-order valence-corrected chi connectivity index (χ3v) is 5.09. The van der Waals surface area contributed by atoms with Crippen LogP contribution in [0.25, 0.3) is 21.9 Å². The number of benzene rings is 2. The Morgan fingerprint density at radius 3 is 2.88 bits per heavy atom. The highest BCUT2D eigenvalue weighted by Gasteiger charge is 2.16. The van der Waals surface area contributed by atoms with Crippen LogP contribution in [0.1, 0.15) is 23.1 Å². The number of hydrogen-bond acceptors (Lipinski definition) is 3. The fourth-order valence-electron chi connectivity index (χ4n) is 3.80. The van der Waals surface area contributed by atoms with Crippen LogP contribution in [0, 0.1) is 0 Å². The van der Waals surface area contributed by atoms with Gasteiger partial charge in [-0.1, -0.05) is 18.2 Å². The highest BCUT2D eigenvalue weighted by atomic mass is 16.3. The average Bonchev–Trinajstić information content (AvgIpc) is 3.26. The van der Waals surface area contributed by atoms with Crippen molar-refractivity contribution in [1.82, 2.24) is 4.98 Å². The summed E-state index contributed by atoms with van der Waals surface area (Å²) < 4.78 is 5.69. The summed E-state index contributed by atoms with van der Waals surface area (Å²) >= 11 is 0. The summed E-state index contributed by atoms with van der Waals surface area (Å²) in [5.74, 6) is -0.0646. The predicted octanol–water partition coefficient (Wildman–Crippen LogP) is 4.65. The van der Waals surface area contributed by atoms with Gasteiger partial charge in [0.15, 0.2) is 0 Å². The molecule has 128 valence electrons. The molecular weight excluding hydrogens is 324 g/mol. The van der Waals surface area contributed by atoms with Gasteiger partial charge in [0.25, 0.3) is 0 Å². The number of para-hydroxylation sites is 1. The molecule has 2 aromatic heterocycles. The molecule has 0 saturated carbocycles. The van der Waals surface area contributed by atoms with Crippen molar-refractivity contribution in [3.63, 3.8) is 0 Å². The normalized spacial score (nSPS) is 13.2. The molecule has 0 bridgehead atoms. The molecule has 1 amide bonds. The van der Waals surface area contributed by atoms with Gasteiger partial charge in [0, 0.05) is 16.3 Å². The Bertz CT molecular complexity index is 1140. The van der Waals surface area contributed by atoms with Crippen LogP contribution in [0.4, 0.5) is 5.69 Å². The smallest absolute Gasteiger partial charge is 0.228 e. The molecule has 0 spiro atoms. The van der Waals surface area contributed by atoms with Crippen molar-refractivity contribution in [3.8, 4) is 0 Å². The second kappa shape index (κ2) is 5.99. The summed E-state index contributed by atoms with van der Waals surface area (Å²) in [4.78, 5) is 16.9. The van der Waals surface area contributed by atoms with Gasteiger partial charge in [-0.15, -0.1) is 0 Å². The molecule has 0 atom stereocenters. The van der Waals surface area contributed by atoms with Crippen LogP contribution in [0.3, 0.4) is 0 Å². The first kappa shape index (κ1) is 15.1. The zero-order valence-corrected chi connectivity index (χ0v) is 14.3. The number of amides is 1. The molecule has 4 nitrogen and oxygen atoms in total. The number of furan rings is 1. The Balaban J connectivity index is 1.38. The third-order valence-electron chi connectivity index (χ3n) is 5.09. The molecule has 0 saturated heterocycles. The van der Waals surface area contributed by atoms with Gasteiger partial charge >= 0.3 is 0 Å². The number of nitrogens with one attached hydrogen (secondary N) is 1. The number of carbonyl (C=O) groups is 1. The third kappa shape index (κ3) is 2.64. The molecule has 2 aromatic carbocycles. The van der Waals surface area contributed by atoms with Crippen molar-refractivity contribution >= 4 is 33.5 Å². The van der Waals surface area contributed by atoms with Gasteiger partial charge < -0.3 is 9.73 Å². The van der Waals surface area contributed by atoms with Crippen molar-refractivity contribution in [2.24, 2.45) is 0 Å². The van der Waals surface area contributed by atoms with Crippen molar-refractivity contribution in [1.29, 1.82) is 0 Å². The summed E-state index contributed by atoms with van der Waals surface area (Å²) in [7, 11) is 0. The van der Waals surface area contributed by atoms with Gasteiger partial charge in [0.2, 0.25) is 5.91 Å². The van der Waals surface area contributed by atoms with Crippen LogP contribution in [-0.2, 0) is 24.1 Å². The number of rotatable bonds is 3. The Morgan fingerprint density at radius 1 is 1.12 bits per heavy atom. The maximum Gasteiger partial charge on any atom is 0.228 e. The van der Waals surface area contributed by atoms with Crippen LogP contribution in [0.5, 0.6) is 0 Å². The minimum Gasteiger partial charge on any atom is -0.464 e. The average molecular weight is 342 g/mol. The lowest BCUT2D eigenvalue weighted by Gasteiger charge is -2.06. The van der Waals surface area contributed by atoms with E-state index in [0.717, 1.165) is 40.3 Å². The number of pyridine rings is 1. The first-order valence-electron chi connectivity index (χ1n) is 8.93. The van der Waals surface area contributed by atoms with Gasteiger partial charge in [-0.25, -0.2) is 0 Å². The van der Waals surface area contributed by atoms with Crippen LogP contribution >= 0.6 is 0 Å². The molecule has 1 aliphatic carbocycles. The highest BCUT2D eigenvalue weighted by Crippen LogP contribution is 2.30. The zero-order valence-electron chi connectivity index (χ0n) is 14.3. The molecule has 1 N–H and O–H groups in total. The molecule has 0 fully saturated rings. The summed E-state index contributed by atoms with van der Waals surface area (Å²) in [6, 6.07) is 14.1. The SMILES string of the molecule is O=C(Cc1coc2cc3c(cc12)CCC3)Nc1cnc2ccccc2c1. The van der Waals surface area contributed by atoms with Crippen molar-refractivity contribution in [2.45, 2.75) is 25.7 Å². The van der Waals surface area contributed by atoms with E-state index >= 15 is 0 Å². The monoisotopic (exact) mass is 342 g/mol. The van der Waals surface area contributed by atoms with E-state index in [4.69, 9.17) is 4.42 Å². The van der Waals surface area contributed by atoms with Gasteiger partial charge in [-0.05, 0) is 54.7 Å². The Labute approximate surface area is 150 Å². The number of aryl methyl sites for hydroxylation is 2. The quantitative estimate of drug-likeness (QED) is 0.589. The van der Waals surface area contributed by atoms with E-state index in [1.165, 1.54) is 17.5 Å². The molecule has 4 aromatic rings. The van der Waals surface area contributed by atoms with Gasteiger partial charge in [0.1, 0.15) is 5.58 Å². The second-order valence-electron chi connectivity index (χ2n) is 6.87. The van der Waals surface area contributed by atoms with Crippen LogP contribution in [0.15, 0.2) is 59.3 Å². The number of fused-ring (bicyclic) bond motifs is 3. The lowest BCUT2D eigenvalue weighted by atomic mass is 10.0. The molecule has 4 heteroatoms. The fourth-order valence-corrected chi connectivity index (χ4v) is 3.80. The van der Waals surface area contributed by atoms with E-state index < -0.39 is 0 Å². The molecule has 26 heavy (non-hydrogen) atoms. The minimum atomic E-state index is -0.0646. The van der Waals surface area contributed by atoms with Crippen molar-refractivity contribution in [3.05, 3.63) is 71.6 Å². The Hall–Kier alpha value is -3.14. The lowest BCUT2D eigenvalue weighted by Crippen LogP contribution is -2.14. The molecule has 0 radical (unpaired) electrons. The minimum absolute atomic E-state index is 0.0646. The Morgan fingerprint density at radius 2 is 1.96 bits per heavy atom. The lowest BCUT2D eigenvalue weighted by molar-refractivity contribution is -0.115. The summed E-state index contributed by atoms with van der Waals surface area (Å²) in [5, 5.41) is 5.01. The Kier molecular flexibility index (Phi) is 3.49. The highest BCUT2D eigenvalue weighted by molar-refractivity contribution is 5.96. The number of carbonyl (C=O) groups excluding carboxylic acids is 1. The molecule has 0 aliphatic heterocycles. The van der Waals surface area contributed by atoms with E-state index in [1.54, 1.807) is 12.5 Å². The van der Waals surface area contributed by atoms with Gasteiger partial charge in [-0.2, -0.15) is 0 Å². The van der Waals surface area contributed by atoms with Gasteiger partial charge in [0.05, 0.1) is 30.1 Å². The predicted molar refractivity (Wildman–Crippen MR) is 102 cm³/mol. The van der Waals surface area contributed by atoms with Gasteiger partial charge in [-0.3, -0.25) is 9.78 Å². The second-order valence-corrected chi connectivity index (χ2v) is 6.87. The first-order chi connectivity index (χ1) is 12.8. The van der Waals surface area contributed by atoms with E-state index in [0.29, 0.717) is 12.1 Å². The van der Waals surface area contributed by atoms with Crippen molar-refractivity contribution in [2.75, 3.05) is 5.32 Å². The zero-order chi connectivity index (χ0) is 17.5. The van der Waals surface area contributed by atoms with E-state index in [9.17, 15) is 4.79 Å². The standard InChI is InChI=1S/C22H18N2O2/c25-22(24-18-8-16-4-1-2-7-20(16)23-12-18)11-17-13-26-21-10-15-6-3-5-14(15)9-19(17)21/h1-2,4,7-10,12-13H,3,5-6,11H2,(H,24,25). The largest absolute Gasteiger partial charge is 0.464 e. The van der Waals surface area contributed by atoms with E-state index in [1.807, 2.05) is 30.3 Å². The molecular formula is C22H18N2O2. The molecule has 1 aliphatic rings. The topological polar surface area (TPSA) is 55.1 Å². The number of hydrogen-bond donors (Lipinski definition) is 1. The summed E-state index contributed by atoms with van der Waals surface area (Å²) in [6.45, 7) is 0. The van der Waals surface area contributed by atoms with Crippen LogP contribution < -0.4 is 5.32 Å². The number of nitrogens with zero attached hydrogens (tertiary/aromatic N) is 1. The fraction of sp³-hybridized carbons (Fsp3) is 0.182. The molecule has 0 unspecified atom stereocenters. The molecule has 2 heterocycles. The molecule has 5 rings (SSSR count). The summed E-state index contributed by atoms with van der Waals surface area (Å²) in [6.07, 6.45) is 7.13. The number of aromatic nitrogens is 1.